The minimum Gasteiger partial charge on any atom is -0.354 e. The Hall–Kier alpha value is -1.56. The first-order valence-electron chi connectivity index (χ1n) is 7.15. The van der Waals surface area contributed by atoms with Gasteiger partial charge in [0.1, 0.15) is 6.04 Å². The van der Waals surface area contributed by atoms with Crippen molar-refractivity contribution in [2.45, 2.75) is 39.7 Å². The second-order valence-corrected chi connectivity index (χ2v) is 6.97. The summed E-state index contributed by atoms with van der Waals surface area (Å²) in [5, 5.41) is 2.77. The molecule has 0 aliphatic rings. The molecule has 0 aliphatic carbocycles. The van der Waals surface area contributed by atoms with Gasteiger partial charge >= 0.3 is 0 Å². The Morgan fingerprint density at radius 1 is 1.24 bits per heavy atom. The first-order valence-corrected chi connectivity index (χ1v) is 8.99. The predicted octanol–water partition coefficient (Wildman–Crippen LogP) is 2.07. The average Bonchev–Trinajstić information content (AvgIpc) is 2.42. The summed E-state index contributed by atoms with van der Waals surface area (Å²) in [7, 11) is -3.54. The van der Waals surface area contributed by atoms with E-state index < -0.39 is 16.1 Å². The van der Waals surface area contributed by atoms with E-state index in [4.69, 9.17) is 0 Å². The predicted molar refractivity (Wildman–Crippen MR) is 85.9 cm³/mol. The molecule has 21 heavy (non-hydrogen) atoms. The van der Waals surface area contributed by atoms with Crippen LogP contribution in [0.4, 0.5) is 5.69 Å². The fourth-order valence-electron chi connectivity index (χ4n) is 2.12. The molecule has 0 radical (unpaired) electrons. The fraction of sp³-hybridized carbons (Fsp3) is 0.533. The number of carbonyl (C=O) groups excluding carboxylic acids is 1. The van der Waals surface area contributed by atoms with E-state index in [0.29, 0.717) is 18.7 Å². The van der Waals surface area contributed by atoms with Crippen LogP contribution in [0.3, 0.4) is 0 Å². The molecule has 6 heteroatoms. The lowest BCUT2D eigenvalue weighted by molar-refractivity contribution is -0.122. The molecule has 1 N–H and O–H groups in total. The quantitative estimate of drug-likeness (QED) is 0.838. The summed E-state index contributed by atoms with van der Waals surface area (Å²) in [5.74, 6) is -0.259. The summed E-state index contributed by atoms with van der Waals surface area (Å²) < 4.78 is 25.5. The molecule has 0 spiro atoms. The van der Waals surface area contributed by atoms with Gasteiger partial charge in [-0.2, -0.15) is 0 Å². The second kappa shape index (κ2) is 7.45. The summed E-state index contributed by atoms with van der Waals surface area (Å²) in [4.78, 5) is 12.2. The van der Waals surface area contributed by atoms with Gasteiger partial charge in [0.15, 0.2) is 0 Å². The zero-order valence-corrected chi connectivity index (χ0v) is 13.9. The minimum absolute atomic E-state index is 0.259. The molecular weight excluding hydrogens is 288 g/mol. The number of nitrogens with zero attached hydrogens (tertiary/aromatic N) is 1. The van der Waals surface area contributed by atoms with Crippen molar-refractivity contribution in [1.82, 2.24) is 5.32 Å². The molecule has 0 aromatic heterocycles. The maximum absolute atomic E-state index is 12.2. The highest BCUT2D eigenvalue weighted by atomic mass is 32.2. The van der Waals surface area contributed by atoms with Crippen molar-refractivity contribution < 1.29 is 13.2 Å². The number of aryl methyl sites for hydroxylation is 1. The first kappa shape index (κ1) is 17.5. The minimum atomic E-state index is -3.54. The van der Waals surface area contributed by atoms with Crippen molar-refractivity contribution in [3.63, 3.8) is 0 Å². The molecular formula is C15H24N2O3S. The molecule has 0 bridgehead atoms. The number of nitrogens with one attached hydrogen (secondary N) is 1. The maximum atomic E-state index is 12.2. The van der Waals surface area contributed by atoms with E-state index in [1.807, 2.05) is 32.9 Å². The number of sulfonamides is 1. The standard InChI is InChI=1S/C15H24N2O3S/c1-5-11-16-15(18)14(6-2)17(21(4,19)20)13-9-7-12(3)8-10-13/h7-10,14H,5-6,11H2,1-4H3,(H,16,18)/t14-/m0/s1. The van der Waals surface area contributed by atoms with Crippen LogP contribution in [-0.2, 0) is 14.8 Å². The van der Waals surface area contributed by atoms with Crippen molar-refractivity contribution in [1.29, 1.82) is 0 Å². The van der Waals surface area contributed by atoms with Gasteiger partial charge in [0.05, 0.1) is 11.9 Å². The molecule has 0 saturated carbocycles. The first-order chi connectivity index (χ1) is 9.81. The van der Waals surface area contributed by atoms with E-state index in [9.17, 15) is 13.2 Å². The normalized spacial score (nSPS) is 12.8. The molecule has 1 aromatic rings. The number of carbonyl (C=O) groups is 1. The summed E-state index contributed by atoms with van der Waals surface area (Å²) in [6.07, 6.45) is 2.35. The third kappa shape index (κ3) is 4.74. The van der Waals surface area contributed by atoms with Gasteiger partial charge in [-0.25, -0.2) is 8.42 Å². The number of hydrogen-bond acceptors (Lipinski definition) is 3. The Balaban J connectivity index is 3.17. The molecule has 1 atom stereocenters. The van der Waals surface area contributed by atoms with Crippen LogP contribution >= 0.6 is 0 Å². The van der Waals surface area contributed by atoms with Crippen molar-refractivity contribution in [2.75, 3.05) is 17.1 Å². The summed E-state index contributed by atoms with van der Waals surface area (Å²) in [6, 6.07) is 6.40. The highest BCUT2D eigenvalue weighted by Crippen LogP contribution is 2.22. The van der Waals surface area contributed by atoms with Crippen LogP contribution in [-0.4, -0.2) is 33.2 Å². The molecule has 1 rings (SSSR count). The van der Waals surface area contributed by atoms with Crippen molar-refractivity contribution >= 4 is 21.6 Å². The third-order valence-corrected chi connectivity index (χ3v) is 4.35. The van der Waals surface area contributed by atoms with E-state index in [2.05, 4.69) is 5.32 Å². The summed E-state index contributed by atoms with van der Waals surface area (Å²) in [5.41, 5.74) is 1.55. The largest absolute Gasteiger partial charge is 0.354 e. The van der Waals surface area contributed by atoms with Gasteiger partial charge in [-0.05, 0) is 31.9 Å². The Morgan fingerprint density at radius 3 is 2.24 bits per heavy atom. The lowest BCUT2D eigenvalue weighted by Crippen LogP contribution is -2.49. The Kier molecular flexibility index (Phi) is 6.20. The van der Waals surface area contributed by atoms with Crippen LogP contribution in [0.5, 0.6) is 0 Å². The fourth-order valence-corrected chi connectivity index (χ4v) is 3.33. The number of benzene rings is 1. The Labute approximate surface area is 127 Å². The van der Waals surface area contributed by atoms with E-state index >= 15 is 0 Å². The SMILES string of the molecule is CCCNC(=O)[C@H](CC)N(c1ccc(C)cc1)S(C)(=O)=O. The van der Waals surface area contributed by atoms with Gasteiger partial charge in [0.25, 0.3) is 0 Å². The molecule has 1 aromatic carbocycles. The van der Waals surface area contributed by atoms with Gasteiger partial charge in [0.2, 0.25) is 15.9 Å². The lowest BCUT2D eigenvalue weighted by atomic mass is 10.1. The lowest BCUT2D eigenvalue weighted by Gasteiger charge is -2.30. The maximum Gasteiger partial charge on any atom is 0.243 e. The Bertz CT molecular complexity index is 567. The highest BCUT2D eigenvalue weighted by Gasteiger charge is 2.31. The van der Waals surface area contributed by atoms with Crippen molar-refractivity contribution in [3.8, 4) is 0 Å². The molecule has 0 aliphatic heterocycles. The van der Waals surface area contributed by atoms with Gasteiger partial charge in [0, 0.05) is 6.54 Å². The van der Waals surface area contributed by atoms with Crippen LogP contribution in [0.15, 0.2) is 24.3 Å². The van der Waals surface area contributed by atoms with Crippen molar-refractivity contribution in [2.24, 2.45) is 0 Å². The zero-order chi connectivity index (χ0) is 16.0. The van der Waals surface area contributed by atoms with Crippen LogP contribution in [0.25, 0.3) is 0 Å². The zero-order valence-electron chi connectivity index (χ0n) is 13.1. The van der Waals surface area contributed by atoms with Crippen LogP contribution < -0.4 is 9.62 Å². The molecule has 0 fully saturated rings. The summed E-state index contributed by atoms with van der Waals surface area (Å²) >= 11 is 0. The monoisotopic (exact) mass is 312 g/mol. The third-order valence-electron chi connectivity index (χ3n) is 3.17. The van der Waals surface area contributed by atoms with Crippen LogP contribution in [0, 0.1) is 6.92 Å². The van der Waals surface area contributed by atoms with Crippen LogP contribution in [0.1, 0.15) is 32.3 Å². The highest BCUT2D eigenvalue weighted by molar-refractivity contribution is 7.92. The molecule has 0 unspecified atom stereocenters. The molecule has 118 valence electrons. The van der Waals surface area contributed by atoms with E-state index in [0.717, 1.165) is 18.2 Å². The number of rotatable bonds is 7. The number of anilines is 1. The topological polar surface area (TPSA) is 66.5 Å². The smallest absolute Gasteiger partial charge is 0.243 e. The van der Waals surface area contributed by atoms with E-state index in [-0.39, 0.29) is 5.91 Å². The molecule has 5 nitrogen and oxygen atoms in total. The van der Waals surface area contributed by atoms with Gasteiger partial charge in [-0.15, -0.1) is 0 Å². The molecule has 1 amide bonds. The van der Waals surface area contributed by atoms with E-state index in [1.165, 1.54) is 4.31 Å². The van der Waals surface area contributed by atoms with Gasteiger partial charge in [-0.1, -0.05) is 31.5 Å². The number of amides is 1. The molecule has 0 heterocycles. The van der Waals surface area contributed by atoms with Gasteiger partial charge < -0.3 is 5.32 Å². The Morgan fingerprint density at radius 2 is 1.81 bits per heavy atom. The van der Waals surface area contributed by atoms with Crippen molar-refractivity contribution in [3.05, 3.63) is 29.8 Å². The van der Waals surface area contributed by atoms with Crippen LogP contribution in [0.2, 0.25) is 0 Å². The number of hydrogen-bond donors (Lipinski definition) is 1. The average molecular weight is 312 g/mol. The van der Waals surface area contributed by atoms with E-state index in [1.54, 1.807) is 12.1 Å². The second-order valence-electron chi connectivity index (χ2n) is 5.11. The molecule has 0 saturated heterocycles. The summed E-state index contributed by atoms with van der Waals surface area (Å²) in [6.45, 7) is 6.23. The van der Waals surface area contributed by atoms with Gasteiger partial charge in [-0.3, -0.25) is 9.10 Å².